The van der Waals surface area contributed by atoms with E-state index in [1.807, 2.05) is 0 Å². The molecule has 1 N–H and O–H groups in total. The van der Waals surface area contributed by atoms with Crippen LogP contribution in [0.1, 0.15) is 82.4 Å². The van der Waals surface area contributed by atoms with Crippen LogP contribution in [0.4, 0.5) is 0 Å². The number of rotatable bonds is 11. The molecule has 1 heterocycles. The Kier molecular flexibility index (Phi) is 7.56. The molecule has 0 radical (unpaired) electrons. The summed E-state index contributed by atoms with van der Waals surface area (Å²) in [5.74, 6) is 0. The largest absolute Gasteiger partial charge is 0.358 e. The standard InChI is InChI=1S/C21H33N/c1-3-4-5-6-7-8-9-10-11-12-15-19-18(2)22-21-17-14-13-16-20(19)21/h13-14,16-17,22H,3-12,15H2,1-2H3. The first kappa shape index (κ1) is 17.1. The van der Waals surface area contributed by atoms with Crippen molar-refractivity contribution in [2.24, 2.45) is 0 Å². The van der Waals surface area contributed by atoms with E-state index >= 15 is 0 Å². The fraction of sp³-hybridized carbons (Fsp3) is 0.619. The first-order chi connectivity index (χ1) is 10.8. The Hall–Kier alpha value is -1.24. The molecule has 22 heavy (non-hydrogen) atoms. The van der Waals surface area contributed by atoms with Crippen molar-refractivity contribution in [2.45, 2.75) is 84.5 Å². The topological polar surface area (TPSA) is 15.8 Å². The molecular formula is C21H33N. The molecule has 1 aromatic heterocycles. The molecule has 0 amide bonds. The number of hydrogen-bond acceptors (Lipinski definition) is 0. The van der Waals surface area contributed by atoms with Gasteiger partial charge in [0.2, 0.25) is 0 Å². The van der Waals surface area contributed by atoms with E-state index in [1.54, 1.807) is 0 Å². The van der Waals surface area contributed by atoms with Gasteiger partial charge in [0, 0.05) is 16.6 Å². The Balaban J connectivity index is 1.59. The van der Waals surface area contributed by atoms with Crippen LogP contribution in [-0.2, 0) is 6.42 Å². The van der Waals surface area contributed by atoms with E-state index in [0.717, 1.165) is 0 Å². The third kappa shape index (κ3) is 5.19. The minimum atomic E-state index is 1.23. The summed E-state index contributed by atoms with van der Waals surface area (Å²) in [5.41, 5.74) is 4.19. The second kappa shape index (κ2) is 9.71. The maximum atomic E-state index is 3.51. The molecule has 0 atom stereocenters. The molecule has 0 unspecified atom stereocenters. The third-order valence-corrected chi connectivity index (χ3v) is 4.81. The lowest BCUT2D eigenvalue weighted by molar-refractivity contribution is 0.556. The van der Waals surface area contributed by atoms with Crippen molar-refractivity contribution in [1.29, 1.82) is 0 Å². The highest BCUT2D eigenvalue weighted by Crippen LogP contribution is 2.24. The van der Waals surface area contributed by atoms with Crippen LogP contribution < -0.4 is 0 Å². The monoisotopic (exact) mass is 299 g/mol. The van der Waals surface area contributed by atoms with Crippen molar-refractivity contribution in [3.05, 3.63) is 35.5 Å². The number of fused-ring (bicyclic) bond motifs is 1. The van der Waals surface area contributed by atoms with Gasteiger partial charge in [0.15, 0.2) is 0 Å². The number of aryl methyl sites for hydroxylation is 2. The van der Waals surface area contributed by atoms with Crippen LogP contribution in [0, 0.1) is 6.92 Å². The van der Waals surface area contributed by atoms with Gasteiger partial charge in [0.1, 0.15) is 0 Å². The van der Waals surface area contributed by atoms with Crippen molar-refractivity contribution in [1.82, 2.24) is 4.98 Å². The van der Waals surface area contributed by atoms with Crippen molar-refractivity contribution < 1.29 is 0 Å². The van der Waals surface area contributed by atoms with Crippen LogP contribution in [-0.4, -0.2) is 4.98 Å². The Morgan fingerprint density at radius 3 is 2.05 bits per heavy atom. The average Bonchev–Trinajstić information content (AvgIpc) is 2.85. The molecule has 1 nitrogen and oxygen atoms in total. The van der Waals surface area contributed by atoms with E-state index in [9.17, 15) is 0 Å². The predicted molar refractivity (Wildman–Crippen MR) is 98.6 cm³/mol. The summed E-state index contributed by atoms with van der Waals surface area (Å²) in [7, 11) is 0. The number of aromatic nitrogens is 1. The van der Waals surface area contributed by atoms with Crippen molar-refractivity contribution >= 4 is 10.9 Å². The van der Waals surface area contributed by atoms with Gasteiger partial charge in [-0.3, -0.25) is 0 Å². The SMILES string of the molecule is CCCCCCCCCCCCc1c(C)[nH]c2ccccc12. The lowest BCUT2D eigenvalue weighted by Crippen LogP contribution is -1.88. The molecule has 0 aliphatic heterocycles. The van der Waals surface area contributed by atoms with E-state index in [0.29, 0.717) is 0 Å². The van der Waals surface area contributed by atoms with Gasteiger partial charge >= 0.3 is 0 Å². The number of nitrogens with one attached hydrogen (secondary N) is 1. The Labute approximate surface area is 136 Å². The lowest BCUT2D eigenvalue weighted by atomic mass is 10.0. The second-order valence-electron chi connectivity index (χ2n) is 6.71. The summed E-state index contributed by atoms with van der Waals surface area (Å²) in [5, 5.41) is 1.43. The zero-order valence-corrected chi connectivity index (χ0v) is 14.6. The molecule has 0 saturated heterocycles. The molecule has 0 fully saturated rings. The first-order valence-electron chi connectivity index (χ1n) is 9.39. The van der Waals surface area contributed by atoms with Gasteiger partial charge in [0.25, 0.3) is 0 Å². The van der Waals surface area contributed by atoms with E-state index in [4.69, 9.17) is 0 Å². The molecule has 2 aromatic rings. The molecule has 0 aliphatic rings. The number of hydrogen-bond donors (Lipinski definition) is 1. The Morgan fingerprint density at radius 2 is 1.36 bits per heavy atom. The molecule has 0 saturated carbocycles. The minimum absolute atomic E-state index is 1.23. The molecule has 0 aliphatic carbocycles. The van der Waals surface area contributed by atoms with Crippen LogP contribution in [0.3, 0.4) is 0 Å². The Morgan fingerprint density at radius 1 is 0.773 bits per heavy atom. The molecule has 0 bridgehead atoms. The zero-order valence-electron chi connectivity index (χ0n) is 14.6. The highest BCUT2D eigenvalue weighted by atomic mass is 14.7. The highest BCUT2D eigenvalue weighted by Gasteiger charge is 2.06. The maximum Gasteiger partial charge on any atom is 0.0458 e. The lowest BCUT2D eigenvalue weighted by Gasteiger charge is -2.03. The van der Waals surface area contributed by atoms with Gasteiger partial charge in [-0.05, 0) is 31.4 Å². The summed E-state index contributed by atoms with van der Waals surface area (Å²) < 4.78 is 0. The number of para-hydroxylation sites is 1. The van der Waals surface area contributed by atoms with Gasteiger partial charge in [-0.25, -0.2) is 0 Å². The van der Waals surface area contributed by atoms with E-state index in [2.05, 4.69) is 43.1 Å². The molecular weight excluding hydrogens is 266 g/mol. The van der Waals surface area contributed by atoms with Crippen molar-refractivity contribution in [3.8, 4) is 0 Å². The van der Waals surface area contributed by atoms with Crippen LogP contribution in [0.25, 0.3) is 10.9 Å². The molecule has 1 heteroatoms. The molecule has 122 valence electrons. The fourth-order valence-corrected chi connectivity index (χ4v) is 3.45. The number of H-pyrrole nitrogens is 1. The van der Waals surface area contributed by atoms with E-state index < -0.39 is 0 Å². The minimum Gasteiger partial charge on any atom is -0.358 e. The van der Waals surface area contributed by atoms with Crippen LogP contribution in [0.15, 0.2) is 24.3 Å². The van der Waals surface area contributed by atoms with Gasteiger partial charge in [-0.1, -0.05) is 82.9 Å². The van der Waals surface area contributed by atoms with Crippen LogP contribution >= 0.6 is 0 Å². The first-order valence-corrected chi connectivity index (χ1v) is 9.39. The van der Waals surface area contributed by atoms with Crippen molar-refractivity contribution in [2.75, 3.05) is 0 Å². The third-order valence-electron chi connectivity index (χ3n) is 4.81. The molecule has 1 aromatic carbocycles. The van der Waals surface area contributed by atoms with E-state index in [1.165, 1.54) is 92.8 Å². The maximum absolute atomic E-state index is 3.51. The Bertz CT molecular complexity index is 538. The average molecular weight is 300 g/mol. The summed E-state index contributed by atoms with van der Waals surface area (Å²) in [4.78, 5) is 3.51. The summed E-state index contributed by atoms with van der Waals surface area (Å²) in [6.45, 7) is 4.50. The normalized spacial score (nSPS) is 11.4. The predicted octanol–water partition coefficient (Wildman–Crippen LogP) is 6.94. The second-order valence-corrected chi connectivity index (χ2v) is 6.71. The zero-order chi connectivity index (χ0) is 15.6. The fourth-order valence-electron chi connectivity index (χ4n) is 3.45. The summed E-state index contributed by atoms with van der Waals surface area (Å²) >= 11 is 0. The number of unbranched alkanes of at least 4 members (excludes halogenated alkanes) is 9. The van der Waals surface area contributed by atoms with Gasteiger partial charge in [-0.15, -0.1) is 0 Å². The summed E-state index contributed by atoms with van der Waals surface area (Å²) in [6.07, 6.45) is 15.3. The van der Waals surface area contributed by atoms with E-state index in [-0.39, 0.29) is 0 Å². The van der Waals surface area contributed by atoms with Crippen molar-refractivity contribution in [3.63, 3.8) is 0 Å². The number of aromatic amines is 1. The quantitative estimate of drug-likeness (QED) is 0.432. The molecule has 2 rings (SSSR count). The highest BCUT2D eigenvalue weighted by molar-refractivity contribution is 5.84. The van der Waals surface area contributed by atoms with Gasteiger partial charge in [0.05, 0.1) is 0 Å². The van der Waals surface area contributed by atoms with Crippen LogP contribution in [0.2, 0.25) is 0 Å². The number of benzene rings is 1. The smallest absolute Gasteiger partial charge is 0.0458 e. The van der Waals surface area contributed by atoms with Crippen LogP contribution in [0.5, 0.6) is 0 Å². The molecule has 0 spiro atoms. The van der Waals surface area contributed by atoms with Gasteiger partial charge in [-0.2, -0.15) is 0 Å². The summed E-state index contributed by atoms with van der Waals surface area (Å²) in [6, 6.07) is 8.70. The van der Waals surface area contributed by atoms with Gasteiger partial charge < -0.3 is 4.98 Å².